The number of rotatable bonds is 26. The van der Waals surface area contributed by atoms with E-state index in [1.165, 1.54) is 81.8 Å². The van der Waals surface area contributed by atoms with Crippen molar-refractivity contribution in [3.63, 3.8) is 0 Å². The van der Waals surface area contributed by atoms with Gasteiger partial charge in [0.2, 0.25) is 77.6 Å². The number of hydrogen-bond donors (Lipinski definition) is 1. The van der Waals surface area contributed by atoms with Gasteiger partial charge in [-0.25, -0.2) is 61.5 Å². The number of carbonyl (C=O) groups is 12. The van der Waals surface area contributed by atoms with Crippen LogP contribution >= 0.6 is 27.5 Å². The van der Waals surface area contributed by atoms with Crippen LogP contribution in [0.1, 0.15) is 117 Å². The first-order chi connectivity index (χ1) is 67.5. The Morgan fingerprint density at radius 3 is 0.467 bits per heavy atom. The van der Waals surface area contributed by atoms with Crippen molar-refractivity contribution in [2.75, 3.05) is 39.7 Å². The van der Waals surface area contributed by atoms with E-state index in [0.717, 1.165) is 61.2 Å². The van der Waals surface area contributed by atoms with Gasteiger partial charge in [-0.3, -0.25) is 61.9 Å². The monoisotopic (exact) mass is 1940 g/mol. The number of benzene rings is 11. The van der Waals surface area contributed by atoms with Crippen molar-refractivity contribution < 1.29 is 71.8 Å². The van der Waals surface area contributed by atoms with Crippen LogP contribution < -0.4 is 0 Å². The Balaban J connectivity index is -0.000000184. The van der Waals surface area contributed by atoms with E-state index in [2.05, 4.69) is 92.0 Å². The van der Waals surface area contributed by atoms with Crippen LogP contribution in [0.25, 0.3) is 17.0 Å². The van der Waals surface area contributed by atoms with Gasteiger partial charge in [0.25, 0.3) is 6.47 Å². The van der Waals surface area contributed by atoms with Crippen molar-refractivity contribution in [2.24, 2.45) is 54.9 Å². The summed E-state index contributed by atoms with van der Waals surface area (Å²) in [5.74, 6) is 1.81. The summed E-state index contributed by atoms with van der Waals surface area (Å²) in [6, 6.07) is 105. The SMILES string of the molecule is CBr.CC.CC.CC.CCO.CCOC=O.CCl.CF.O=CN=C/C=C/c1ccccc1.O=CN=C/C=C/c1ccccc1.O=CN=Cc1ccccc1.O=CN=Cc1ccccc1.O=CN=Cc1ccccc1.O=CN=Cc1ccccc1.O=CN=Cc1ccccc1.O=CN=Cc1ccccc1.O=CN=Cc1ccccc1.O=CN=Cc1ccccc1.O=CN=Cc1ccccc1.[C-]#[N+]C. The Kier molecular flexibility index (Phi) is 131. The number of hydrogen-bond acceptors (Lipinski definition) is 14. The van der Waals surface area contributed by atoms with E-state index >= 15 is 0 Å². The van der Waals surface area contributed by atoms with E-state index in [1.54, 1.807) is 26.0 Å². The Morgan fingerprint density at radius 1 is 0.270 bits per heavy atom. The van der Waals surface area contributed by atoms with Crippen molar-refractivity contribution in [1.82, 2.24) is 0 Å². The predicted octanol–water partition coefficient (Wildman–Crippen LogP) is 21.5. The molecular weight excluding hydrogens is 1820 g/mol. The van der Waals surface area contributed by atoms with Crippen LogP contribution in [0.5, 0.6) is 0 Å². The van der Waals surface area contributed by atoms with Crippen LogP contribution in [-0.4, -0.2) is 190 Å². The van der Waals surface area contributed by atoms with Gasteiger partial charge in [0.1, 0.15) is 0 Å². The second kappa shape index (κ2) is 130. The lowest BCUT2D eigenvalue weighted by Crippen LogP contribution is -1.80. The normalized spacial score (nSPS) is 9.19. The van der Waals surface area contributed by atoms with E-state index < -0.39 is 0 Å². The Labute approximate surface area is 820 Å². The first-order valence-electron chi connectivity index (χ1n) is 41.1. The highest BCUT2D eigenvalue weighted by atomic mass is 79.9. The van der Waals surface area contributed by atoms with Crippen LogP contribution in [-0.2, 0) is 62.3 Å². The number of halogens is 3. The molecular formula is C108H123BrClFN12O14. The van der Waals surface area contributed by atoms with Gasteiger partial charge in [0, 0.05) is 81.4 Å². The largest absolute Gasteiger partial charge is 0.468 e. The second-order valence-electron chi connectivity index (χ2n) is 21.6. The highest BCUT2D eigenvalue weighted by molar-refractivity contribution is 9.08. The minimum atomic E-state index is 0.250. The number of allylic oxidation sites excluding steroid dienone is 2. The molecule has 0 spiro atoms. The maximum absolute atomic E-state index is 9.78. The van der Waals surface area contributed by atoms with E-state index in [1.807, 2.05) is 393 Å². The maximum Gasteiger partial charge on any atom is 0.293 e. The molecule has 0 aliphatic carbocycles. The average Bonchev–Trinajstić information content (AvgIpc) is 0.991. The van der Waals surface area contributed by atoms with Crippen molar-refractivity contribution in [3.8, 4) is 0 Å². The maximum atomic E-state index is 9.78. The number of aliphatic hydroxyl groups excluding tert-OH is 1. The fourth-order valence-corrected chi connectivity index (χ4v) is 7.57. The quantitative estimate of drug-likeness (QED) is 0.0228. The molecule has 0 fully saturated rings. The van der Waals surface area contributed by atoms with Gasteiger partial charge in [-0.15, -0.1) is 11.6 Å². The summed E-state index contributed by atoms with van der Waals surface area (Å²) in [5.41, 5.74) is 10.6. The molecule has 11 aromatic carbocycles. The molecule has 0 aliphatic heterocycles. The molecule has 0 atom stereocenters. The molecule has 0 aromatic heterocycles. The smallest absolute Gasteiger partial charge is 0.293 e. The molecule has 1 N–H and O–H groups in total. The van der Waals surface area contributed by atoms with Gasteiger partial charge in [0.05, 0.1) is 13.8 Å². The van der Waals surface area contributed by atoms with E-state index in [-0.39, 0.29) is 6.61 Å². The summed E-state index contributed by atoms with van der Waals surface area (Å²) in [6.07, 6.45) is 31.0. The molecule has 0 saturated heterocycles. The summed E-state index contributed by atoms with van der Waals surface area (Å²) in [7, 11) is 1.92. The molecule has 0 bridgehead atoms. The molecule has 720 valence electrons. The van der Waals surface area contributed by atoms with Crippen LogP contribution in [0, 0.1) is 6.57 Å². The van der Waals surface area contributed by atoms with Gasteiger partial charge >= 0.3 is 0 Å². The van der Waals surface area contributed by atoms with E-state index in [0.29, 0.717) is 90.8 Å². The molecule has 11 amide bonds. The summed E-state index contributed by atoms with van der Waals surface area (Å²) in [4.78, 5) is 157. The third-order valence-corrected chi connectivity index (χ3v) is 12.6. The van der Waals surface area contributed by atoms with Crippen LogP contribution in [0.2, 0.25) is 0 Å². The molecule has 0 aliphatic rings. The van der Waals surface area contributed by atoms with Crippen molar-refractivity contribution >= 4 is 185 Å². The van der Waals surface area contributed by atoms with E-state index in [4.69, 9.17) is 11.7 Å². The van der Waals surface area contributed by atoms with Gasteiger partial charge in [-0.2, -0.15) is 0 Å². The molecule has 11 aromatic rings. The fourth-order valence-electron chi connectivity index (χ4n) is 7.57. The standard InChI is InChI=1S/2C10H9NO.9C8H7NO.C3H6O2.C2H3N.C2H6O.3C2H6.CH3Br.CH3Cl.CH3F/c2*12-9-11-8-4-7-10-5-2-1-3-6-10;9*10-7-9-6-8-4-2-1-3-5-8;1-2-5-3-4;1-3-2;1-2-3;6*1-2/h2*1-9H;9*1-7H;3H,2H2,1H3;1H3;3H,2H2,1H3;3*1-2H3;3*1H3/b2*7-4+,11-8?;;;;;;;;;;;;;;;;;;. The topological polar surface area (TPSA) is 375 Å². The Bertz CT molecular complexity index is 4170. The van der Waals surface area contributed by atoms with Crippen molar-refractivity contribution in [3.05, 3.63) is 418 Å². The highest BCUT2D eigenvalue weighted by Gasteiger charge is 1.89. The van der Waals surface area contributed by atoms with Gasteiger partial charge in [-0.05, 0) is 93.0 Å². The molecule has 0 radical (unpaired) electrons. The fraction of sp³-hybridized carbons (Fsp3) is 0.130. The summed E-state index contributed by atoms with van der Waals surface area (Å²) >= 11 is 7.58. The number of carbonyl (C=O) groups excluding carboxylic acids is 12. The number of amides is 11. The lowest BCUT2D eigenvalue weighted by molar-refractivity contribution is -0.128. The third kappa shape index (κ3) is 112. The van der Waals surface area contributed by atoms with Crippen LogP contribution in [0.15, 0.2) is 401 Å². The molecule has 29 heteroatoms. The Morgan fingerprint density at radius 2 is 0.380 bits per heavy atom. The number of aliphatic hydroxyl groups is 1. The number of nitrogens with zero attached hydrogens (tertiary/aromatic N) is 12. The third-order valence-electron chi connectivity index (χ3n) is 12.6. The van der Waals surface area contributed by atoms with Crippen molar-refractivity contribution in [1.29, 1.82) is 0 Å². The zero-order valence-electron chi connectivity index (χ0n) is 79.0. The van der Waals surface area contributed by atoms with Gasteiger partial charge < -0.3 is 14.7 Å². The van der Waals surface area contributed by atoms with Crippen LogP contribution in [0.4, 0.5) is 4.39 Å². The number of alkyl halides is 3. The first kappa shape index (κ1) is 138. The molecule has 0 saturated carbocycles. The predicted molar refractivity (Wildman–Crippen MR) is 572 cm³/mol. The summed E-state index contributed by atoms with van der Waals surface area (Å²) in [5, 5.41) is 7.57. The summed E-state index contributed by atoms with van der Waals surface area (Å²) < 4.78 is 13.7. The molecule has 0 heterocycles. The first-order valence-corrected chi connectivity index (χ1v) is 43.4. The second-order valence-corrected chi connectivity index (χ2v) is 21.6. The van der Waals surface area contributed by atoms with Crippen molar-refractivity contribution in [2.45, 2.75) is 55.4 Å². The number of aliphatic imine (C=N–C) groups is 11. The zero-order valence-corrected chi connectivity index (χ0v) is 81.4. The zero-order chi connectivity index (χ0) is 104. The molecule has 137 heavy (non-hydrogen) atoms. The average molecular weight is 1950 g/mol. The van der Waals surface area contributed by atoms with E-state index in [9.17, 15) is 61.9 Å². The molecule has 11 rings (SSSR count). The number of ether oxygens (including phenoxy) is 1. The highest BCUT2D eigenvalue weighted by Crippen LogP contribution is 2.03. The molecule has 26 nitrogen and oxygen atoms in total. The lowest BCUT2D eigenvalue weighted by atomic mass is 10.2. The summed E-state index contributed by atoms with van der Waals surface area (Å²) in [6.45, 7) is 22.4. The minimum Gasteiger partial charge on any atom is -0.468 e. The molecule has 0 unspecified atom stereocenters. The van der Waals surface area contributed by atoms with Crippen LogP contribution in [0.3, 0.4) is 0 Å². The minimum absolute atomic E-state index is 0.250. The van der Waals surface area contributed by atoms with Gasteiger partial charge in [-0.1, -0.05) is 403 Å². The lowest BCUT2D eigenvalue weighted by Gasteiger charge is -1.87. The Hall–Kier alpha value is -16.7. The van der Waals surface area contributed by atoms with Gasteiger partial charge in [0.15, 0.2) is 0 Å².